The normalized spacial score (nSPS) is 16.1. The summed E-state index contributed by atoms with van der Waals surface area (Å²) in [5.74, 6) is 0.582. The molecule has 112 valence electrons. The van der Waals surface area contributed by atoms with Crippen LogP contribution in [-0.2, 0) is 6.54 Å². The fourth-order valence-electron chi connectivity index (χ4n) is 2.79. The molecule has 3 rings (SSSR count). The largest absolute Gasteiger partial charge is 0.350 e. The van der Waals surface area contributed by atoms with Gasteiger partial charge in [0.05, 0.1) is 0 Å². The van der Waals surface area contributed by atoms with Crippen LogP contribution in [0.4, 0.5) is 4.39 Å². The van der Waals surface area contributed by atoms with Crippen LogP contribution in [0, 0.1) is 11.7 Å². The number of rotatable bonds is 6. The SMILES string of the molecule is CCNC(c1ccn(Cc2ccc(F)cc2Br)c1)C1CC1. The van der Waals surface area contributed by atoms with Crippen LogP contribution in [0.3, 0.4) is 0 Å². The van der Waals surface area contributed by atoms with Crippen molar-refractivity contribution in [3.05, 3.63) is 58.1 Å². The zero-order valence-electron chi connectivity index (χ0n) is 12.2. The predicted octanol–water partition coefficient (Wildman–Crippen LogP) is 4.50. The Kier molecular flexibility index (Phi) is 4.45. The summed E-state index contributed by atoms with van der Waals surface area (Å²) < 4.78 is 16.1. The van der Waals surface area contributed by atoms with Gasteiger partial charge in [0.1, 0.15) is 5.82 Å². The number of aromatic nitrogens is 1. The molecular weight excluding hydrogens is 331 g/mol. The maximum atomic E-state index is 13.1. The van der Waals surface area contributed by atoms with E-state index in [1.165, 1.54) is 30.5 Å². The molecule has 1 heterocycles. The van der Waals surface area contributed by atoms with Gasteiger partial charge in [0.25, 0.3) is 0 Å². The minimum absolute atomic E-state index is 0.209. The second kappa shape index (κ2) is 6.32. The van der Waals surface area contributed by atoms with Crippen LogP contribution in [-0.4, -0.2) is 11.1 Å². The molecule has 2 aromatic rings. The van der Waals surface area contributed by atoms with Gasteiger partial charge in [0, 0.05) is 29.5 Å². The van der Waals surface area contributed by atoms with Crippen molar-refractivity contribution in [2.45, 2.75) is 32.4 Å². The molecule has 0 saturated heterocycles. The molecule has 1 atom stereocenters. The molecule has 2 nitrogen and oxygen atoms in total. The third-order valence-electron chi connectivity index (χ3n) is 4.02. The molecule has 0 aliphatic heterocycles. The summed E-state index contributed by atoms with van der Waals surface area (Å²) in [6.07, 6.45) is 6.97. The van der Waals surface area contributed by atoms with Gasteiger partial charge in [0.2, 0.25) is 0 Å². The summed E-state index contributed by atoms with van der Waals surface area (Å²) >= 11 is 3.43. The molecule has 1 fully saturated rings. The Morgan fingerprint density at radius 1 is 1.38 bits per heavy atom. The van der Waals surface area contributed by atoms with E-state index in [1.807, 2.05) is 6.07 Å². The minimum Gasteiger partial charge on any atom is -0.350 e. The van der Waals surface area contributed by atoms with E-state index in [1.54, 1.807) is 0 Å². The van der Waals surface area contributed by atoms with Gasteiger partial charge in [-0.3, -0.25) is 0 Å². The molecule has 1 aliphatic carbocycles. The first-order valence-electron chi connectivity index (χ1n) is 7.50. The van der Waals surface area contributed by atoms with Crippen LogP contribution in [0.25, 0.3) is 0 Å². The molecule has 1 aromatic heterocycles. The maximum absolute atomic E-state index is 13.1. The molecular formula is C17H20BrFN2. The Morgan fingerprint density at radius 2 is 2.19 bits per heavy atom. The molecule has 1 N–H and O–H groups in total. The second-order valence-corrected chi connectivity index (χ2v) is 6.58. The van der Waals surface area contributed by atoms with Crippen LogP contribution in [0.1, 0.15) is 36.9 Å². The average molecular weight is 351 g/mol. The predicted molar refractivity (Wildman–Crippen MR) is 86.8 cm³/mol. The number of halogens is 2. The van der Waals surface area contributed by atoms with E-state index in [0.717, 1.165) is 29.0 Å². The third kappa shape index (κ3) is 3.55. The maximum Gasteiger partial charge on any atom is 0.124 e. The Hall–Kier alpha value is -1.13. The van der Waals surface area contributed by atoms with Gasteiger partial charge in [-0.15, -0.1) is 0 Å². The first-order chi connectivity index (χ1) is 10.2. The lowest BCUT2D eigenvalue weighted by Gasteiger charge is -2.15. The van der Waals surface area contributed by atoms with Crippen molar-refractivity contribution in [1.29, 1.82) is 0 Å². The van der Waals surface area contributed by atoms with Crippen LogP contribution >= 0.6 is 15.9 Å². The van der Waals surface area contributed by atoms with Crippen molar-refractivity contribution in [2.24, 2.45) is 5.92 Å². The number of nitrogens with zero attached hydrogens (tertiary/aromatic N) is 1. The second-order valence-electron chi connectivity index (χ2n) is 5.73. The standard InChI is InChI=1S/C17H20BrFN2/c1-2-20-17(12-3-4-12)14-7-8-21(11-14)10-13-5-6-15(19)9-16(13)18/h5-9,11-12,17,20H,2-4,10H2,1H3. The van der Waals surface area contributed by atoms with Gasteiger partial charge < -0.3 is 9.88 Å². The monoisotopic (exact) mass is 350 g/mol. The van der Waals surface area contributed by atoms with E-state index in [9.17, 15) is 4.39 Å². The highest BCUT2D eigenvalue weighted by molar-refractivity contribution is 9.10. The third-order valence-corrected chi connectivity index (χ3v) is 4.76. The fourth-order valence-corrected chi connectivity index (χ4v) is 3.27. The van der Waals surface area contributed by atoms with Gasteiger partial charge in [0.15, 0.2) is 0 Å². The summed E-state index contributed by atoms with van der Waals surface area (Å²) in [4.78, 5) is 0. The van der Waals surface area contributed by atoms with Crippen molar-refractivity contribution >= 4 is 15.9 Å². The number of hydrogen-bond donors (Lipinski definition) is 1. The van der Waals surface area contributed by atoms with Crippen molar-refractivity contribution < 1.29 is 4.39 Å². The van der Waals surface area contributed by atoms with E-state index in [2.05, 4.69) is 51.2 Å². The fraction of sp³-hybridized carbons (Fsp3) is 0.412. The summed E-state index contributed by atoms with van der Waals surface area (Å²) in [5.41, 5.74) is 2.45. The highest BCUT2D eigenvalue weighted by atomic mass is 79.9. The van der Waals surface area contributed by atoms with E-state index < -0.39 is 0 Å². The molecule has 4 heteroatoms. The molecule has 1 aromatic carbocycles. The van der Waals surface area contributed by atoms with Gasteiger partial charge >= 0.3 is 0 Å². The molecule has 0 amide bonds. The smallest absolute Gasteiger partial charge is 0.124 e. The zero-order valence-corrected chi connectivity index (χ0v) is 13.7. The van der Waals surface area contributed by atoms with Crippen LogP contribution in [0.5, 0.6) is 0 Å². The molecule has 1 aliphatic rings. The van der Waals surface area contributed by atoms with Gasteiger partial charge in [-0.2, -0.15) is 0 Å². The van der Waals surface area contributed by atoms with Gasteiger partial charge in [-0.25, -0.2) is 4.39 Å². The highest BCUT2D eigenvalue weighted by Gasteiger charge is 2.32. The summed E-state index contributed by atoms with van der Waals surface area (Å²) in [5, 5.41) is 3.58. The molecule has 21 heavy (non-hydrogen) atoms. The Balaban J connectivity index is 1.75. The van der Waals surface area contributed by atoms with Crippen molar-refractivity contribution in [2.75, 3.05) is 6.54 Å². The number of benzene rings is 1. The van der Waals surface area contributed by atoms with Gasteiger partial charge in [-0.1, -0.05) is 28.9 Å². The topological polar surface area (TPSA) is 17.0 Å². The van der Waals surface area contributed by atoms with Crippen molar-refractivity contribution in [1.82, 2.24) is 9.88 Å². The summed E-state index contributed by atoms with van der Waals surface area (Å²) in [6, 6.07) is 7.54. The number of nitrogens with one attached hydrogen (secondary N) is 1. The average Bonchev–Trinajstić information content (AvgIpc) is 3.19. The van der Waals surface area contributed by atoms with Crippen LogP contribution < -0.4 is 5.32 Å². The summed E-state index contributed by atoms with van der Waals surface area (Å²) in [7, 11) is 0. The van der Waals surface area contributed by atoms with E-state index in [0.29, 0.717) is 6.04 Å². The lowest BCUT2D eigenvalue weighted by atomic mass is 10.1. The molecule has 1 saturated carbocycles. The quantitative estimate of drug-likeness (QED) is 0.811. The zero-order chi connectivity index (χ0) is 14.8. The van der Waals surface area contributed by atoms with E-state index in [-0.39, 0.29) is 5.82 Å². The lowest BCUT2D eigenvalue weighted by Crippen LogP contribution is -2.22. The van der Waals surface area contributed by atoms with Crippen molar-refractivity contribution in [3.8, 4) is 0 Å². The van der Waals surface area contributed by atoms with E-state index >= 15 is 0 Å². The first kappa shape index (κ1) is 14.8. The van der Waals surface area contributed by atoms with E-state index in [4.69, 9.17) is 0 Å². The first-order valence-corrected chi connectivity index (χ1v) is 8.29. The Labute approximate surface area is 133 Å². The molecule has 0 radical (unpaired) electrons. The minimum atomic E-state index is -0.209. The molecule has 0 spiro atoms. The summed E-state index contributed by atoms with van der Waals surface area (Å²) in [6.45, 7) is 3.90. The van der Waals surface area contributed by atoms with Crippen LogP contribution in [0.15, 0.2) is 41.1 Å². The Morgan fingerprint density at radius 3 is 2.86 bits per heavy atom. The highest BCUT2D eigenvalue weighted by Crippen LogP contribution is 2.41. The lowest BCUT2D eigenvalue weighted by molar-refractivity contribution is 0.495. The number of hydrogen-bond acceptors (Lipinski definition) is 1. The van der Waals surface area contributed by atoms with Gasteiger partial charge in [-0.05, 0) is 54.6 Å². The molecule has 1 unspecified atom stereocenters. The Bertz CT molecular complexity index is 619. The molecule has 0 bridgehead atoms. The van der Waals surface area contributed by atoms with Crippen LogP contribution in [0.2, 0.25) is 0 Å². The van der Waals surface area contributed by atoms with Crippen molar-refractivity contribution in [3.63, 3.8) is 0 Å².